The zero-order chi connectivity index (χ0) is 23.5. The number of likely N-dealkylation sites (tertiary alicyclic amines) is 1. The number of amides is 2. The highest BCUT2D eigenvalue weighted by Crippen LogP contribution is 2.37. The van der Waals surface area contributed by atoms with Crippen LogP contribution in [0.5, 0.6) is 11.5 Å². The molecule has 174 valence electrons. The standard InChI is InChI=1S/C23H22Cl3N3O3S/c1-31-20-11-21(32-2)18(10-17(20)26)28-23(30)29-7-5-13(6-8-29)22-27-19(12-33-22)14-3-4-15(24)16(25)9-14/h3-4,9-13H,5-8H2,1-2H3,(H,28,30). The van der Waals surface area contributed by atoms with E-state index in [9.17, 15) is 4.79 Å². The van der Waals surface area contributed by atoms with Crippen LogP contribution in [0.3, 0.4) is 0 Å². The number of methoxy groups -OCH3 is 2. The summed E-state index contributed by atoms with van der Waals surface area (Å²) < 4.78 is 10.6. The molecule has 1 saturated heterocycles. The fourth-order valence-electron chi connectivity index (χ4n) is 3.74. The van der Waals surface area contributed by atoms with Crippen molar-refractivity contribution in [2.24, 2.45) is 0 Å². The van der Waals surface area contributed by atoms with E-state index in [0.717, 1.165) is 29.1 Å². The van der Waals surface area contributed by atoms with E-state index in [0.29, 0.717) is 51.3 Å². The van der Waals surface area contributed by atoms with Gasteiger partial charge < -0.3 is 19.7 Å². The summed E-state index contributed by atoms with van der Waals surface area (Å²) in [6, 6.07) is 8.61. The minimum atomic E-state index is -0.191. The van der Waals surface area contributed by atoms with E-state index in [-0.39, 0.29) is 6.03 Å². The SMILES string of the molecule is COc1cc(OC)c(NC(=O)N2CCC(c3nc(-c4ccc(Cl)c(Cl)c4)cs3)CC2)cc1Cl. The molecule has 3 aromatic rings. The number of nitrogens with one attached hydrogen (secondary N) is 1. The quantitative estimate of drug-likeness (QED) is 0.382. The maximum absolute atomic E-state index is 12.8. The van der Waals surface area contributed by atoms with Crippen LogP contribution in [-0.2, 0) is 0 Å². The van der Waals surface area contributed by atoms with E-state index >= 15 is 0 Å². The number of hydrogen-bond acceptors (Lipinski definition) is 5. The fourth-order valence-corrected chi connectivity index (χ4v) is 5.28. The van der Waals surface area contributed by atoms with E-state index < -0.39 is 0 Å². The first kappa shape index (κ1) is 24.0. The summed E-state index contributed by atoms with van der Waals surface area (Å²) in [6.45, 7) is 1.26. The summed E-state index contributed by atoms with van der Waals surface area (Å²) in [6.07, 6.45) is 1.67. The summed E-state index contributed by atoms with van der Waals surface area (Å²) in [4.78, 5) is 19.5. The van der Waals surface area contributed by atoms with Crippen LogP contribution in [0.25, 0.3) is 11.3 Å². The van der Waals surface area contributed by atoms with Gasteiger partial charge in [-0.05, 0) is 31.0 Å². The smallest absolute Gasteiger partial charge is 0.321 e. The number of anilines is 1. The van der Waals surface area contributed by atoms with E-state index in [1.54, 1.807) is 34.4 Å². The molecule has 1 aliphatic rings. The van der Waals surface area contributed by atoms with Gasteiger partial charge >= 0.3 is 6.03 Å². The fraction of sp³-hybridized carbons (Fsp3) is 0.304. The van der Waals surface area contributed by atoms with Crippen molar-refractivity contribution in [1.29, 1.82) is 0 Å². The molecule has 2 amide bonds. The normalized spacial score (nSPS) is 14.3. The molecular weight excluding hydrogens is 505 g/mol. The molecule has 0 saturated carbocycles. The van der Waals surface area contributed by atoms with Gasteiger partial charge in [0.15, 0.2) is 0 Å². The second-order valence-electron chi connectivity index (χ2n) is 7.58. The molecule has 1 aliphatic heterocycles. The molecule has 4 rings (SSSR count). The molecule has 1 fully saturated rings. The highest BCUT2D eigenvalue weighted by molar-refractivity contribution is 7.10. The third kappa shape index (κ3) is 5.32. The summed E-state index contributed by atoms with van der Waals surface area (Å²) >= 11 is 20.0. The maximum Gasteiger partial charge on any atom is 0.321 e. The number of carbonyl (C=O) groups excluding carboxylic acids is 1. The minimum Gasteiger partial charge on any atom is -0.495 e. The molecule has 33 heavy (non-hydrogen) atoms. The topological polar surface area (TPSA) is 63.7 Å². The summed E-state index contributed by atoms with van der Waals surface area (Å²) in [7, 11) is 3.06. The molecule has 0 bridgehead atoms. The number of ether oxygens (including phenoxy) is 2. The summed E-state index contributed by atoms with van der Waals surface area (Å²) in [5.74, 6) is 1.27. The lowest BCUT2D eigenvalue weighted by Gasteiger charge is -2.31. The van der Waals surface area contributed by atoms with Gasteiger partial charge in [-0.3, -0.25) is 0 Å². The molecule has 2 aromatic carbocycles. The number of carbonyl (C=O) groups is 1. The van der Waals surface area contributed by atoms with Gasteiger partial charge in [-0.2, -0.15) is 0 Å². The van der Waals surface area contributed by atoms with Crippen molar-refractivity contribution in [1.82, 2.24) is 9.88 Å². The van der Waals surface area contributed by atoms with Crippen molar-refractivity contribution in [3.05, 3.63) is 55.8 Å². The number of rotatable bonds is 5. The Bertz CT molecular complexity index is 1160. The highest BCUT2D eigenvalue weighted by atomic mass is 35.5. The molecule has 2 heterocycles. The Morgan fingerprint density at radius 3 is 2.42 bits per heavy atom. The number of piperidine rings is 1. The van der Waals surface area contributed by atoms with E-state index in [2.05, 4.69) is 5.32 Å². The Balaban J connectivity index is 1.38. The lowest BCUT2D eigenvalue weighted by Crippen LogP contribution is -2.40. The number of thiazole rings is 1. The monoisotopic (exact) mass is 525 g/mol. The largest absolute Gasteiger partial charge is 0.495 e. The first-order valence-corrected chi connectivity index (χ1v) is 12.3. The van der Waals surface area contributed by atoms with Crippen LogP contribution < -0.4 is 14.8 Å². The molecule has 0 atom stereocenters. The Labute approximate surface area is 211 Å². The number of benzene rings is 2. The van der Waals surface area contributed by atoms with Crippen LogP contribution in [0.15, 0.2) is 35.7 Å². The lowest BCUT2D eigenvalue weighted by molar-refractivity contribution is 0.194. The molecule has 6 nitrogen and oxygen atoms in total. The van der Waals surface area contributed by atoms with Crippen molar-refractivity contribution < 1.29 is 14.3 Å². The molecule has 0 spiro atoms. The second kappa shape index (κ2) is 10.4. The minimum absolute atomic E-state index is 0.191. The first-order chi connectivity index (χ1) is 15.9. The van der Waals surface area contributed by atoms with Gasteiger partial charge in [-0.25, -0.2) is 9.78 Å². The number of halogens is 3. The predicted molar refractivity (Wildman–Crippen MR) is 135 cm³/mol. The van der Waals surface area contributed by atoms with E-state index in [4.69, 9.17) is 49.3 Å². The van der Waals surface area contributed by atoms with E-state index in [1.807, 2.05) is 17.5 Å². The summed E-state index contributed by atoms with van der Waals surface area (Å²) in [5.41, 5.74) is 2.33. The van der Waals surface area contributed by atoms with Gasteiger partial charge in [0.2, 0.25) is 0 Å². The molecule has 0 aliphatic carbocycles. The third-order valence-corrected chi connectivity index (χ3v) is 7.63. The van der Waals surface area contributed by atoms with Crippen molar-refractivity contribution >= 4 is 57.9 Å². The van der Waals surface area contributed by atoms with Crippen molar-refractivity contribution in [2.45, 2.75) is 18.8 Å². The average Bonchev–Trinajstić information content (AvgIpc) is 3.31. The van der Waals surface area contributed by atoms with Crippen LogP contribution in [0.2, 0.25) is 15.1 Å². The van der Waals surface area contributed by atoms with Crippen molar-refractivity contribution in [3.8, 4) is 22.8 Å². The van der Waals surface area contributed by atoms with Gasteiger partial charge in [0.25, 0.3) is 0 Å². The van der Waals surface area contributed by atoms with Crippen LogP contribution >= 0.6 is 46.1 Å². The van der Waals surface area contributed by atoms with Gasteiger partial charge in [-0.1, -0.05) is 40.9 Å². The number of aromatic nitrogens is 1. The van der Waals surface area contributed by atoms with Gasteiger partial charge in [0, 0.05) is 36.0 Å². The number of urea groups is 1. The zero-order valence-electron chi connectivity index (χ0n) is 18.0. The zero-order valence-corrected chi connectivity index (χ0v) is 21.1. The van der Waals surface area contributed by atoms with Gasteiger partial charge in [-0.15, -0.1) is 11.3 Å². The Morgan fingerprint density at radius 2 is 1.76 bits per heavy atom. The van der Waals surface area contributed by atoms with Gasteiger partial charge in [0.1, 0.15) is 11.5 Å². The van der Waals surface area contributed by atoms with Crippen LogP contribution in [-0.4, -0.2) is 43.2 Å². The van der Waals surface area contributed by atoms with Gasteiger partial charge in [0.05, 0.1) is 45.7 Å². The van der Waals surface area contributed by atoms with Crippen LogP contribution in [0.1, 0.15) is 23.8 Å². The summed E-state index contributed by atoms with van der Waals surface area (Å²) in [5, 5.41) is 7.44. The van der Waals surface area contributed by atoms with Crippen LogP contribution in [0, 0.1) is 0 Å². The molecule has 10 heteroatoms. The molecule has 1 aromatic heterocycles. The molecule has 1 N–H and O–H groups in total. The first-order valence-electron chi connectivity index (χ1n) is 10.3. The Kier molecular flexibility index (Phi) is 7.54. The highest BCUT2D eigenvalue weighted by Gasteiger charge is 2.26. The predicted octanol–water partition coefficient (Wildman–Crippen LogP) is 7.20. The molecular formula is C23H22Cl3N3O3S. The van der Waals surface area contributed by atoms with Crippen molar-refractivity contribution in [3.63, 3.8) is 0 Å². The second-order valence-corrected chi connectivity index (χ2v) is 9.69. The van der Waals surface area contributed by atoms with Crippen molar-refractivity contribution in [2.75, 3.05) is 32.6 Å². The van der Waals surface area contributed by atoms with Crippen LogP contribution in [0.4, 0.5) is 10.5 Å². The lowest BCUT2D eigenvalue weighted by atomic mass is 9.98. The third-order valence-electron chi connectivity index (χ3n) is 5.58. The molecule has 0 radical (unpaired) electrons. The van der Waals surface area contributed by atoms with E-state index in [1.165, 1.54) is 14.2 Å². The Morgan fingerprint density at radius 1 is 1.03 bits per heavy atom. The number of hydrogen-bond donors (Lipinski definition) is 1. The maximum atomic E-state index is 12.8. The average molecular weight is 527 g/mol. The number of nitrogens with zero attached hydrogens (tertiary/aromatic N) is 2. The Hall–Kier alpha value is -2.19. The molecule has 0 unspecified atom stereocenters.